The van der Waals surface area contributed by atoms with Gasteiger partial charge < -0.3 is 10.2 Å². The van der Waals surface area contributed by atoms with Crippen LogP contribution in [0, 0.1) is 0 Å². The van der Waals surface area contributed by atoms with Crippen LogP contribution in [-0.2, 0) is 0 Å². The number of aromatic nitrogens is 1. The smallest absolute Gasteiger partial charge is 0.137 e. The number of anilines is 1. The molecule has 0 bridgehead atoms. The molecule has 0 unspecified atom stereocenters. The number of piperazine rings is 1. The van der Waals surface area contributed by atoms with E-state index in [0.29, 0.717) is 6.04 Å². The van der Waals surface area contributed by atoms with Crippen molar-refractivity contribution >= 4 is 27.2 Å². The van der Waals surface area contributed by atoms with Gasteiger partial charge in [-0.3, -0.25) is 0 Å². The summed E-state index contributed by atoms with van der Waals surface area (Å²) in [7, 11) is 0. The number of fused-ring (bicyclic) bond motifs is 1. The van der Waals surface area contributed by atoms with Crippen LogP contribution >= 0.6 is 11.3 Å². The minimum Gasteiger partial charge on any atom is -0.351 e. The van der Waals surface area contributed by atoms with Gasteiger partial charge in [-0.1, -0.05) is 0 Å². The highest BCUT2D eigenvalue weighted by Crippen LogP contribution is 2.29. The summed E-state index contributed by atoms with van der Waals surface area (Å²) in [5, 5.41) is 6.84. The van der Waals surface area contributed by atoms with Crippen LogP contribution in [0.3, 0.4) is 0 Å². The Kier molecular flexibility index (Phi) is 2.53. The molecule has 0 amide bonds. The van der Waals surface area contributed by atoms with Crippen molar-refractivity contribution in [3.63, 3.8) is 0 Å². The number of hydrogen-bond acceptors (Lipinski definition) is 4. The Morgan fingerprint density at radius 1 is 1.50 bits per heavy atom. The van der Waals surface area contributed by atoms with E-state index in [2.05, 4.69) is 39.6 Å². The number of thiophene rings is 1. The Balaban J connectivity index is 2.07. The zero-order valence-corrected chi connectivity index (χ0v) is 10.1. The molecule has 2 aromatic rings. The molecular formula is C12H15N3S. The Hall–Kier alpha value is -1.13. The number of nitrogens with zero attached hydrogens (tertiary/aromatic N) is 2. The van der Waals surface area contributed by atoms with Crippen molar-refractivity contribution in [3.8, 4) is 0 Å². The SMILES string of the molecule is C[C@@H]1CNCCN1c1nccc2sccc12. The maximum absolute atomic E-state index is 4.56. The molecule has 3 rings (SSSR count). The molecule has 0 spiro atoms. The summed E-state index contributed by atoms with van der Waals surface area (Å²) in [4.78, 5) is 6.97. The van der Waals surface area contributed by atoms with Crippen LogP contribution < -0.4 is 10.2 Å². The average Bonchev–Trinajstić information content (AvgIpc) is 2.77. The van der Waals surface area contributed by atoms with Gasteiger partial charge in [0.2, 0.25) is 0 Å². The second kappa shape index (κ2) is 4.03. The van der Waals surface area contributed by atoms with Crippen molar-refractivity contribution in [2.75, 3.05) is 24.5 Å². The third-order valence-corrected chi connectivity index (χ3v) is 4.01. The first-order chi connectivity index (χ1) is 7.86. The molecule has 2 aromatic heterocycles. The number of pyridine rings is 1. The maximum Gasteiger partial charge on any atom is 0.137 e. The van der Waals surface area contributed by atoms with Crippen molar-refractivity contribution in [2.24, 2.45) is 0 Å². The molecule has 3 heterocycles. The normalized spacial score (nSPS) is 21.6. The Morgan fingerprint density at radius 3 is 3.31 bits per heavy atom. The predicted molar refractivity (Wildman–Crippen MR) is 69.3 cm³/mol. The minimum atomic E-state index is 0.520. The fourth-order valence-electron chi connectivity index (χ4n) is 2.26. The van der Waals surface area contributed by atoms with E-state index >= 15 is 0 Å². The molecule has 4 heteroatoms. The summed E-state index contributed by atoms with van der Waals surface area (Å²) in [5.41, 5.74) is 0. The summed E-state index contributed by atoms with van der Waals surface area (Å²) in [6.07, 6.45) is 1.92. The highest BCUT2D eigenvalue weighted by Gasteiger charge is 2.20. The van der Waals surface area contributed by atoms with Crippen LogP contribution in [0.5, 0.6) is 0 Å². The van der Waals surface area contributed by atoms with Crippen LogP contribution in [0.1, 0.15) is 6.92 Å². The van der Waals surface area contributed by atoms with Crippen molar-refractivity contribution in [3.05, 3.63) is 23.7 Å². The zero-order chi connectivity index (χ0) is 11.0. The van der Waals surface area contributed by atoms with Gasteiger partial charge in [0.25, 0.3) is 0 Å². The van der Waals surface area contributed by atoms with Gasteiger partial charge in [0, 0.05) is 42.0 Å². The van der Waals surface area contributed by atoms with Gasteiger partial charge in [-0.2, -0.15) is 0 Å². The van der Waals surface area contributed by atoms with Gasteiger partial charge in [0.1, 0.15) is 5.82 Å². The van der Waals surface area contributed by atoms with Crippen LogP contribution in [-0.4, -0.2) is 30.7 Å². The monoisotopic (exact) mass is 233 g/mol. The first kappa shape index (κ1) is 10.1. The highest BCUT2D eigenvalue weighted by molar-refractivity contribution is 7.17. The van der Waals surface area contributed by atoms with Gasteiger partial charge in [-0.25, -0.2) is 4.98 Å². The van der Waals surface area contributed by atoms with Crippen LogP contribution in [0.25, 0.3) is 10.1 Å². The third kappa shape index (κ3) is 1.58. The van der Waals surface area contributed by atoms with Crippen molar-refractivity contribution in [1.82, 2.24) is 10.3 Å². The van der Waals surface area contributed by atoms with Gasteiger partial charge >= 0.3 is 0 Å². The number of nitrogens with one attached hydrogen (secondary N) is 1. The van der Waals surface area contributed by atoms with Crippen LogP contribution in [0.15, 0.2) is 23.7 Å². The molecule has 84 valence electrons. The molecule has 1 aliphatic rings. The summed E-state index contributed by atoms with van der Waals surface area (Å²) in [6.45, 7) is 5.39. The lowest BCUT2D eigenvalue weighted by Crippen LogP contribution is -2.50. The Labute approximate surface area is 99.1 Å². The van der Waals surface area contributed by atoms with Crippen LogP contribution in [0.2, 0.25) is 0 Å². The summed E-state index contributed by atoms with van der Waals surface area (Å²) in [5.74, 6) is 1.15. The van der Waals surface area contributed by atoms with E-state index in [1.54, 1.807) is 11.3 Å². The fourth-order valence-corrected chi connectivity index (χ4v) is 3.04. The molecule has 0 radical (unpaired) electrons. The van der Waals surface area contributed by atoms with Crippen molar-refractivity contribution in [1.29, 1.82) is 0 Å². The first-order valence-electron chi connectivity index (χ1n) is 5.66. The van der Waals surface area contributed by atoms with E-state index in [4.69, 9.17) is 0 Å². The highest BCUT2D eigenvalue weighted by atomic mass is 32.1. The molecule has 1 N–H and O–H groups in total. The zero-order valence-electron chi connectivity index (χ0n) is 9.31. The van der Waals surface area contributed by atoms with Crippen LogP contribution in [0.4, 0.5) is 5.82 Å². The average molecular weight is 233 g/mol. The van der Waals surface area contributed by atoms with Crippen molar-refractivity contribution in [2.45, 2.75) is 13.0 Å². The summed E-state index contributed by atoms with van der Waals surface area (Å²) < 4.78 is 1.33. The first-order valence-corrected chi connectivity index (χ1v) is 6.54. The standard InChI is InChI=1S/C12H15N3S/c1-9-8-13-5-6-15(9)12-10-3-7-16-11(10)2-4-14-12/h2-4,7,9,13H,5-6,8H2,1H3/t9-/m1/s1. The lowest BCUT2D eigenvalue weighted by molar-refractivity contribution is 0.498. The quantitative estimate of drug-likeness (QED) is 0.817. The number of hydrogen-bond donors (Lipinski definition) is 1. The minimum absolute atomic E-state index is 0.520. The Morgan fingerprint density at radius 2 is 2.44 bits per heavy atom. The summed E-state index contributed by atoms with van der Waals surface area (Å²) >= 11 is 1.78. The van der Waals surface area contributed by atoms with Gasteiger partial charge in [-0.05, 0) is 24.4 Å². The molecule has 0 aromatic carbocycles. The van der Waals surface area contributed by atoms with E-state index < -0.39 is 0 Å². The molecule has 1 aliphatic heterocycles. The lowest BCUT2D eigenvalue weighted by atomic mass is 10.2. The van der Waals surface area contributed by atoms with Gasteiger partial charge in [-0.15, -0.1) is 11.3 Å². The molecule has 1 atom stereocenters. The van der Waals surface area contributed by atoms with E-state index in [0.717, 1.165) is 25.5 Å². The Bertz CT molecular complexity index is 494. The van der Waals surface area contributed by atoms with E-state index in [-0.39, 0.29) is 0 Å². The molecule has 1 fully saturated rings. The molecule has 3 nitrogen and oxygen atoms in total. The van der Waals surface area contributed by atoms with E-state index in [1.807, 2.05) is 6.20 Å². The maximum atomic E-state index is 4.56. The molecular weight excluding hydrogens is 218 g/mol. The number of rotatable bonds is 1. The van der Waals surface area contributed by atoms with E-state index in [1.165, 1.54) is 10.1 Å². The van der Waals surface area contributed by atoms with Crippen molar-refractivity contribution < 1.29 is 0 Å². The molecule has 1 saturated heterocycles. The third-order valence-electron chi connectivity index (χ3n) is 3.13. The second-order valence-corrected chi connectivity index (χ2v) is 5.16. The van der Waals surface area contributed by atoms with Gasteiger partial charge in [0.05, 0.1) is 0 Å². The summed E-state index contributed by atoms with van der Waals surface area (Å²) in [6, 6.07) is 4.79. The lowest BCUT2D eigenvalue weighted by Gasteiger charge is -2.35. The fraction of sp³-hybridized carbons (Fsp3) is 0.417. The van der Waals surface area contributed by atoms with E-state index in [9.17, 15) is 0 Å². The second-order valence-electron chi connectivity index (χ2n) is 4.21. The molecule has 0 saturated carbocycles. The predicted octanol–water partition coefficient (Wildman–Crippen LogP) is 2.09. The van der Waals surface area contributed by atoms with Gasteiger partial charge in [0.15, 0.2) is 0 Å². The largest absolute Gasteiger partial charge is 0.351 e. The molecule has 16 heavy (non-hydrogen) atoms. The molecule has 0 aliphatic carbocycles. The topological polar surface area (TPSA) is 28.2 Å².